The van der Waals surface area contributed by atoms with Crippen molar-refractivity contribution in [3.63, 3.8) is 0 Å². The molecule has 0 aliphatic rings. The summed E-state index contributed by atoms with van der Waals surface area (Å²) in [6.45, 7) is 17.6. The topological polar surface area (TPSA) is 0 Å². The highest BCUT2D eigenvalue weighted by Crippen LogP contribution is 2.10. The molecule has 0 bridgehead atoms. The fourth-order valence-corrected chi connectivity index (χ4v) is 2.86. The molecule has 0 saturated carbocycles. The predicted molar refractivity (Wildman–Crippen MR) is 77.4 cm³/mol. The van der Waals surface area contributed by atoms with Crippen molar-refractivity contribution < 1.29 is 0 Å². The monoisotopic (exact) mass is 236 g/mol. The molecule has 0 aromatic rings. The van der Waals surface area contributed by atoms with Gasteiger partial charge in [0.05, 0.1) is 8.07 Å². The van der Waals surface area contributed by atoms with Crippen LogP contribution in [-0.2, 0) is 0 Å². The van der Waals surface area contributed by atoms with Gasteiger partial charge < -0.3 is 0 Å². The predicted octanol–water partition coefficient (Wildman–Crippen LogP) is 4.25. The van der Waals surface area contributed by atoms with E-state index in [9.17, 15) is 0 Å². The summed E-state index contributed by atoms with van der Waals surface area (Å²) >= 11 is 0. The van der Waals surface area contributed by atoms with Crippen LogP contribution in [-0.4, -0.2) is 16.1 Å². The third-order valence-electron chi connectivity index (χ3n) is 1.57. The average Bonchev–Trinajstić information content (AvgIpc) is 1.96. The fourth-order valence-electron chi connectivity index (χ4n) is 1.09. The van der Waals surface area contributed by atoms with Crippen LogP contribution in [0, 0.1) is 11.5 Å². The van der Waals surface area contributed by atoms with Crippen LogP contribution in [0.25, 0.3) is 0 Å². The van der Waals surface area contributed by atoms with Gasteiger partial charge in [-0.3, -0.25) is 0 Å². The standard InChI is InChI=1S/C13H24Si2/c1-8-9-13(12-15(5,6)7)10-11-14(2,3)4/h8,12H,1,9H2,2-7H3/b13-12+. The van der Waals surface area contributed by atoms with Crippen molar-refractivity contribution in [2.45, 2.75) is 45.7 Å². The Morgan fingerprint density at radius 2 is 1.67 bits per heavy atom. The molecular formula is C13H24Si2. The Morgan fingerprint density at radius 3 is 2.00 bits per heavy atom. The van der Waals surface area contributed by atoms with Gasteiger partial charge in [0.25, 0.3) is 0 Å². The summed E-state index contributed by atoms with van der Waals surface area (Å²) < 4.78 is 0. The van der Waals surface area contributed by atoms with Crippen molar-refractivity contribution >= 4 is 16.1 Å². The van der Waals surface area contributed by atoms with Crippen LogP contribution in [0.15, 0.2) is 23.9 Å². The Bertz CT molecular complexity index is 300. The van der Waals surface area contributed by atoms with Crippen LogP contribution >= 0.6 is 0 Å². The number of allylic oxidation sites excluding steroid dienone is 2. The molecule has 0 N–H and O–H groups in total. The lowest BCUT2D eigenvalue weighted by Crippen LogP contribution is -2.18. The van der Waals surface area contributed by atoms with Gasteiger partial charge in [0.15, 0.2) is 0 Å². The van der Waals surface area contributed by atoms with Crippen LogP contribution < -0.4 is 0 Å². The van der Waals surface area contributed by atoms with Gasteiger partial charge in [-0.25, -0.2) is 0 Å². The maximum atomic E-state index is 3.79. The summed E-state index contributed by atoms with van der Waals surface area (Å²) in [5, 5.41) is 0. The Morgan fingerprint density at radius 1 is 1.13 bits per heavy atom. The molecule has 15 heavy (non-hydrogen) atoms. The summed E-state index contributed by atoms with van der Waals surface area (Å²) in [6.07, 6.45) is 2.87. The lowest BCUT2D eigenvalue weighted by Gasteiger charge is -2.11. The molecule has 0 atom stereocenters. The summed E-state index contributed by atoms with van der Waals surface area (Å²) in [5.41, 5.74) is 7.09. The van der Waals surface area contributed by atoms with Crippen LogP contribution in [0.2, 0.25) is 39.3 Å². The molecule has 0 aromatic heterocycles. The molecule has 0 amide bonds. The van der Waals surface area contributed by atoms with Crippen molar-refractivity contribution in [3.05, 3.63) is 23.9 Å². The van der Waals surface area contributed by atoms with Crippen LogP contribution in [0.3, 0.4) is 0 Å². The smallest absolute Gasteiger partial charge is 0.127 e. The van der Waals surface area contributed by atoms with E-state index in [4.69, 9.17) is 0 Å². The van der Waals surface area contributed by atoms with E-state index < -0.39 is 16.1 Å². The first kappa shape index (κ1) is 14.5. The minimum absolute atomic E-state index is 0.918. The van der Waals surface area contributed by atoms with Gasteiger partial charge in [-0.1, -0.05) is 57.0 Å². The lowest BCUT2D eigenvalue weighted by molar-refractivity contribution is 1.32. The molecule has 0 nitrogen and oxygen atoms in total. The van der Waals surface area contributed by atoms with Gasteiger partial charge in [-0.05, 0) is 12.0 Å². The van der Waals surface area contributed by atoms with Crippen LogP contribution in [0.1, 0.15) is 6.42 Å². The van der Waals surface area contributed by atoms with E-state index in [1.807, 2.05) is 6.08 Å². The Balaban J connectivity index is 4.90. The molecule has 0 radical (unpaired) electrons. The van der Waals surface area contributed by atoms with Gasteiger partial charge in [0.2, 0.25) is 0 Å². The second-order valence-electron chi connectivity index (χ2n) is 6.03. The largest absolute Gasteiger partial charge is 0.129 e. The Kier molecular flexibility index (Phi) is 5.33. The zero-order valence-electron chi connectivity index (χ0n) is 11.1. The maximum Gasteiger partial charge on any atom is 0.129 e. The lowest BCUT2D eigenvalue weighted by atomic mass is 10.2. The van der Waals surface area contributed by atoms with Gasteiger partial charge in [-0.2, -0.15) is 0 Å². The summed E-state index contributed by atoms with van der Waals surface area (Å²) in [7, 11) is -2.40. The molecule has 0 saturated heterocycles. The molecule has 0 aliphatic carbocycles. The van der Waals surface area contributed by atoms with E-state index >= 15 is 0 Å². The van der Waals surface area contributed by atoms with Crippen molar-refractivity contribution in [1.82, 2.24) is 0 Å². The zero-order valence-corrected chi connectivity index (χ0v) is 13.1. The van der Waals surface area contributed by atoms with E-state index in [-0.39, 0.29) is 0 Å². The third-order valence-corrected chi connectivity index (χ3v) is 3.66. The van der Waals surface area contributed by atoms with E-state index in [1.165, 1.54) is 5.57 Å². The normalized spacial score (nSPS) is 13.1. The molecular weight excluding hydrogens is 212 g/mol. The van der Waals surface area contributed by atoms with Crippen molar-refractivity contribution in [2.75, 3.05) is 0 Å². The Labute approximate surface area is 97.5 Å². The van der Waals surface area contributed by atoms with E-state index in [1.54, 1.807) is 0 Å². The first-order valence-electron chi connectivity index (χ1n) is 5.50. The number of rotatable bonds is 3. The highest BCUT2D eigenvalue weighted by molar-refractivity contribution is 6.84. The minimum atomic E-state index is -1.25. The highest BCUT2D eigenvalue weighted by Gasteiger charge is 2.11. The van der Waals surface area contributed by atoms with Gasteiger partial charge >= 0.3 is 0 Å². The molecule has 0 aromatic carbocycles. The van der Waals surface area contributed by atoms with E-state index in [2.05, 4.69) is 63.0 Å². The molecule has 0 spiro atoms. The maximum absolute atomic E-state index is 3.79. The number of hydrogen-bond acceptors (Lipinski definition) is 0. The molecule has 0 fully saturated rings. The SMILES string of the molecule is C=CC/C(C#C[Si](C)(C)C)=C\[Si](C)(C)C. The van der Waals surface area contributed by atoms with Crippen molar-refractivity contribution in [3.8, 4) is 11.5 Å². The Hall–Kier alpha value is -0.526. The first-order chi connectivity index (χ1) is 6.64. The first-order valence-corrected chi connectivity index (χ1v) is 12.6. The van der Waals surface area contributed by atoms with Crippen LogP contribution in [0.4, 0.5) is 0 Å². The van der Waals surface area contributed by atoms with Gasteiger partial charge in [0, 0.05) is 0 Å². The van der Waals surface area contributed by atoms with Gasteiger partial charge in [-0.15, -0.1) is 12.1 Å². The minimum Gasteiger partial charge on any atom is -0.127 e. The zero-order chi connectivity index (χ0) is 12.1. The molecule has 0 unspecified atom stereocenters. The van der Waals surface area contributed by atoms with Gasteiger partial charge in [0.1, 0.15) is 8.07 Å². The average molecular weight is 237 g/mol. The second kappa shape index (κ2) is 5.53. The van der Waals surface area contributed by atoms with Crippen molar-refractivity contribution in [1.29, 1.82) is 0 Å². The highest BCUT2D eigenvalue weighted by atomic mass is 28.3. The molecule has 2 heteroatoms. The molecule has 0 rings (SSSR count). The molecule has 84 valence electrons. The second-order valence-corrected chi connectivity index (χ2v) is 15.8. The van der Waals surface area contributed by atoms with Crippen molar-refractivity contribution in [2.24, 2.45) is 0 Å². The molecule has 0 aliphatic heterocycles. The summed E-state index contributed by atoms with van der Waals surface area (Å²) in [5.74, 6) is 3.35. The van der Waals surface area contributed by atoms with E-state index in [0.717, 1.165) is 6.42 Å². The third kappa shape index (κ3) is 9.77. The fraction of sp³-hybridized carbons (Fsp3) is 0.538. The van der Waals surface area contributed by atoms with Crippen LogP contribution in [0.5, 0.6) is 0 Å². The molecule has 0 heterocycles. The summed E-state index contributed by atoms with van der Waals surface area (Å²) in [6, 6.07) is 0. The summed E-state index contributed by atoms with van der Waals surface area (Å²) in [4.78, 5) is 0. The quantitative estimate of drug-likeness (QED) is 0.390. The van der Waals surface area contributed by atoms with E-state index in [0.29, 0.717) is 0 Å². The number of hydrogen-bond donors (Lipinski definition) is 0.